The van der Waals surface area contributed by atoms with Crippen LogP contribution in [0.3, 0.4) is 0 Å². The highest BCUT2D eigenvalue weighted by Gasteiger charge is 2.35. The lowest BCUT2D eigenvalue weighted by atomic mass is 9.95. The van der Waals surface area contributed by atoms with Crippen molar-refractivity contribution in [1.29, 1.82) is 0 Å². The molecule has 0 fully saturated rings. The van der Waals surface area contributed by atoms with Gasteiger partial charge >= 0.3 is 12.1 Å². The van der Waals surface area contributed by atoms with Crippen LogP contribution in [0.5, 0.6) is 0 Å². The van der Waals surface area contributed by atoms with Crippen molar-refractivity contribution in [3.8, 4) is 11.4 Å². The van der Waals surface area contributed by atoms with E-state index in [4.69, 9.17) is 0 Å². The van der Waals surface area contributed by atoms with Crippen molar-refractivity contribution in [2.24, 2.45) is 5.41 Å². The van der Waals surface area contributed by atoms with E-state index in [-0.39, 0.29) is 22.6 Å². The van der Waals surface area contributed by atoms with Crippen LogP contribution in [0.1, 0.15) is 36.7 Å². The fourth-order valence-electron chi connectivity index (χ4n) is 2.74. The quantitative estimate of drug-likeness (QED) is 0.612. The van der Waals surface area contributed by atoms with Crippen LogP contribution < -0.4 is 10.9 Å². The molecule has 0 aliphatic heterocycles. The summed E-state index contributed by atoms with van der Waals surface area (Å²) < 4.78 is 46.9. The molecule has 2 N–H and O–H groups in total. The molecule has 0 saturated carbocycles. The number of halogens is 3. The maximum absolute atomic E-state index is 13.8. The lowest BCUT2D eigenvalue weighted by Crippen LogP contribution is -2.27. The zero-order valence-electron chi connectivity index (χ0n) is 17.0. The molecule has 31 heavy (non-hydrogen) atoms. The van der Waals surface area contributed by atoms with Crippen LogP contribution in [0, 0.1) is 5.41 Å². The molecular weight excluding hydrogens is 417 g/mol. The first-order valence-corrected chi connectivity index (χ1v) is 9.05. The second kappa shape index (κ2) is 7.56. The van der Waals surface area contributed by atoms with Crippen molar-refractivity contribution < 1.29 is 27.5 Å². The van der Waals surface area contributed by atoms with Gasteiger partial charge in [0.05, 0.1) is 18.2 Å². The van der Waals surface area contributed by atoms with Crippen molar-refractivity contribution in [2.75, 3.05) is 12.4 Å². The Hall–Kier alpha value is -3.63. The number of aromatic nitrogens is 3. The summed E-state index contributed by atoms with van der Waals surface area (Å²) >= 11 is 0. The fourth-order valence-corrected chi connectivity index (χ4v) is 2.74. The molecule has 2 heterocycles. The number of carbonyl (C=O) groups excluding carboxylic acids is 2. The summed E-state index contributed by atoms with van der Waals surface area (Å²) in [6.45, 7) is 4.89. The Kier molecular flexibility index (Phi) is 5.38. The maximum Gasteiger partial charge on any atom is 0.417 e. The van der Waals surface area contributed by atoms with E-state index in [9.17, 15) is 27.6 Å². The minimum atomic E-state index is -4.79. The number of benzene rings is 1. The number of hydrogen-bond donors (Lipinski definition) is 2. The third-order valence-electron chi connectivity index (χ3n) is 4.41. The van der Waals surface area contributed by atoms with E-state index in [1.54, 1.807) is 20.8 Å². The van der Waals surface area contributed by atoms with Crippen molar-refractivity contribution >= 4 is 23.1 Å². The first-order valence-electron chi connectivity index (χ1n) is 9.05. The summed E-state index contributed by atoms with van der Waals surface area (Å²) in [5.41, 5.74) is -3.09. The molecule has 0 radical (unpaired) electrons. The van der Waals surface area contributed by atoms with Crippen molar-refractivity contribution in [2.45, 2.75) is 26.9 Å². The van der Waals surface area contributed by atoms with Gasteiger partial charge in [-0.25, -0.2) is 9.31 Å². The van der Waals surface area contributed by atoms with Gasteiger partial charge in [0.1, 0.15) is 5.52 Å². The number of carbonyl (C=O) groups is 2. The molecule has 0 saturated heterocycles. The van der Waals surface area contributed by atoms with Gasteiger partial charge in [-0.2, -0.15) is 13.2 Å². The summed E-state index contributed by atoms with van der Waals surface area (Å²) in [5.74, 6) is -1.53. The number of nitrogens with one attached hydrogen (secondary N) is 2. The lowest BCUT2D eigenvalue weighted by molar-refractivity contribution is -0.137. The Balaban J connectivity index is 2.13. The molecule has 11 heteroatoms. The molecule has 0 spiro atoms. The standard InChI is InChI=1S/C20H19F3N4O4/c1-19(2,3)18(30)24-11-5-6-12(13(8-11)20(21,22)23)15-25-16(28)14-7-10(17(29)31-4)9-27(14)26-15/h5-9H,1-4H3,(H,24,30)(H,25,26,28). The van der Waals surface area contributed by atoms with Crippen molar-refractivity contribution in [1.82, 2.24) is 14.6 Å². The number of anilines is 1. The van der Waals surface area contributed by atoms with Crippen LogP contribution in [0.25, 0.3) is 16.9 Å². The van der Waals surface area contributed by atoms with Gasteiger partial charge in [0.25, 0.3) is 5.56 Å². The van der Waals surface area contributed by atoms with Crippen LogP contribution in [0.15, 0.2) is 35.3 Å². The van der Waals surface area contributed by atoms with Gasteiger partial charge in [0, 0.05) is 22.9 Å². The minimum Gasteiger partial charge on any atom is -0.465 e. The molecule has 3 aromatic rings. The average Bonchev–Trinajstić information content (AvgIpc) is 3.10. The highest BCUT2D eigenvalue weighted by Crippen LogP contribution is 2.37. The highest BCUT2D eigenvalue weighted by molar-refractivity contribution is 5.95. The van der Waals surface area contributed by atoms with Crippen LogP contribution in [0.4, 0.5) is 18.9 Å². The number of hydrogen-bond acceptors (Lipinski definition) is 5. The normalized spacial score (nSPS) is 12.1. The van der Waals surface area contributed by atoms with Gasteiger partial charge in [-0.15, -0.1) is 5.10 Å². The van der Waals surface area contributed by atoms with Gasteiger partial charge < -0.3 is 15.0 Å². The van der Waals surface area contributed by atoms with E-state index in [2.05, 4.69) is 20.1 Å². The topological polar surface area (TPSA) is 106 Å². The number of fused-ring (bicyclic) bond motifs is 1. The lowest BCUT2D eigenvalue weighted by Gasteiger charge is -2.19. The highest BCUT2D eigenvalue weighted by atomic mass is 19.4. The maximum atomic E-state index is 13.8. The van der Waals surface area contributed by atoms with Crippen LogP contribution in [0.2, 0.25) is 0 Å². The monoisotopic (exact) mass is 436 g/mol. The molecule has 0 atom stereocenters. The molecule has 0 aliphatic rings. The summed E-state index contributed by atoms with van der Waals surface area (Å²) in [5, 5.41) is 6.46. The molecule has 2 aromatic heterocycles. The molecule has 0 aliphatic carbocycles. The van der Waals surface area contributed by atoms with Gasteiger partial charge in [-0.1, -0.05) is 20.8 Å². The first-order chi connectivity index (χ1) is 14.3. The first kappa shape index (κ1) is 22.1. The van der Waals surface area contributed by atoms with Gasteiger partial charge in [0.15, 0.2) is 5.82 Å². The van der Waals surface area contributed by atoms with Gasteiger partial charge in [-0.05, 0) is 24.3 Å². The molecule has 1 amide bonds. The third-order valence-corrected chi connectivity index (χ3v) is 4.41. The van der Waals surface area contributed by atoms with Crippen molar-refractivity contribution in [3.05, 3.63) is 51.9 Å². The molecule has 3 rings (SSSR count). The number of alkyl halides is 3. The number of nitrogens with zero attached hydrogens (tertiary/aromatic N) is 2. The van der Waals surface area contributed by atoms with Crippen molar-refractivity contribution in [3.63, 3.8) is 0 Å². The van der Waals surface area contributed by atoms with Crippen LogP contribution >= 0.6 is 0 Å². The third kappa shape index (κ3) is 4.44. The largest absolute Gasteiger partial charge is 0.465 e. The molecule has 1 aromatic carbocycles. The molecule has 164 valence electrons. The predicted molar refractivity (Wildman–Crippen MR) is 106 cm³/mol. The average molecular weight is 436 g/mol. The number of aromatic amines is 1. The van der Waals surface area contributed by atoms with Gasteiger partial charge in [0.2, 0.25) is 5.91 Å². The zero-order chi connectivity index (χ0) is 23.1. The van der Waals surface area contributed by atoms with Crippen LogP contribution in [-0.2, 0) is 15.7 Å². The van der Waals surface area contributed by atoms with Gasteiger partial charge in [-0.3, -0.25) is 9.59 Å². The van der Waals surface area contributed by atoms with E-state index in [1.807, 2.05) is 0 Å². The molecule has 0 bridgehead atoms. The fraction of sp³-hybridized carbons (Fsp3) is 0.300. The SMILES string of the molecule is COC(=O)c1cc2c(=O)[nH]c(-c3ccc(NC(=O)C(C)(C)C)cc3C(F)(F)F)nn2c1. The summed E-state index contributed by atoms with van der Waals surface area (Å²) in [4.78, 5) is 38.5. The second-order valence-electron chi connectivity index (χ2n) is 7.82. The molecule has 8 nitrogen and oxygen atoms in total. The number of methoxy groups -OCH3 is 1. The summed E-state index contributed by atoms with van der Waals surface area (Å²) in [6, 6.07) is 4.39. The van der Waals surface area contributed by atoms with Crippen LogP contribution in [-0.4, -0.2) is 33.6 Å². The summed E-state index contributed by atoms with van der Waals surface area (Å²) in [6.07, 6.45) is -3.61. The summed E-state index contributed by atoms with van der Waals surface area (Å²) in [7, 11) is 1.16. The Morgan fingerprint density at radius 1 is 1.16 bits per heavy atom. The van der Waals surface area contributed by atoms with E-state index in [1.165, 1.54) is 18.3 Å². The second-order valence-corrected chi connectivity index (χ2v) is 7.82. The Morgan fingerprint density at radius 2 is 1.84 bits per heavy atom. The zero-order valence-corrected chi connectivity index (χ0v) is 17.0. The smallest absolute Gasteiger partial charge is 0.417 e. The number of ether oxygens (including phenoxy) is 1. The van der Waals surface area contributed by atoms with E-state index < -0.39 is 40.2 Å². The number of H-pyrrole nitrogens is 1. The Bertz CT molecular complexity index is 1240. The van der Waals surface area contributed by atoms with E-state index in [0.29, 0.717) is 0 Å². The van der Waals surface area contributed by atoms with E-state index in [0.717, 1.165) is 23.8 Å². The number of amides is 1. The number of rotatable bonds is 3. The molecular formula is C20H19F3N4O4. The molecule has 0 unspecified atom stereocenters. The van der Waals surface area contributed by atoms with E-state index >= 15 is 0 Å². The number of esters is 1. The predicted octanol–water partition coefficient (Wildman–Crippen LogP) is 3.48. The minimum absolute atomic E-state index is 0.0222. The Morgan fingerprint density at radius 3 is 2.42 bits per heavy atom. The Labute approximate surface area is 174 Å².